The number of hydrogen-bond donors (Lipinski definition) is 0. The second-order valence-corrected chi connectivity index (χ2v) is 11.8. The summed E-state index contributed by atoms with van der Waals surface area (Å²) in [4.78, 5) is 32.7. The monoisotopic (exact) mass is 610 g/mol. The minimum absolute atomic E-state index is 0.00643. The Bertz CT molecular complexity index is 1590. The van der Waals surface area contributed by atoms with E-state index in [0.29, 0.717) is 62.7 Å². The Labute approximate surface area is 252 Å². The molecule has 2 bridgehead atoms. The molecule has 2 aromatic heterocycles. The Hall–Kier alpha value is -3.81. The summed E-state index contributed by atoms with van der Waals surface area (Å²) in [6, 6.07) is 6.45. The highest BCUT2D eigenvalue weighted by molar-refractivity contribution is 5.93. The number of ether oxygens (including phenoxy) is 3. The zero-order valence-corrected chi connectivity index (χ0v) is 24.3. The number of hydrogen-bond acceptors (Lipinski definition) is 9. The first kappa shape index (κ1) is 28.9. The van der Waals surface area contributed by atoms with E-state index in [2.05, 4.69) is 19.9 Å². The lowest BCUT2D eigenvalue weighted by Gasteiger charge is -2.55. The van der Waals surface area contributed by atoms with E-state index in [0.717, 1.165) is 26.1 Å². The third-order valence-electron chi connectivity index (χ3n) is 9.20. The van der Waals surface area contributed by atoms with E-state index in [1.807, 2.05) is 15.9 Å². The number of piperazine rings is 1. The molecule has 1 spiro atoms. The predicted octanol–water partition coefficient (Wildman–Crippen LogP) is 3.61. The van der Waals surface area contributed by atoms with Crippen LogP contribution in [-0.4, -0.2) is 108 Å². The average Bonchev–Trinajstić information content (AvgIpc) is 3.23. The van der Waals surface area contributed by atoms with Crippen LogP contribution < -0.4 is 9.64 Å². The largest absolute Gasteiger partial charge is 0.467 e. The van der Waals surface area contributed by atoms with Gasteiger partial charge in [-0.3, -0.25) is 14.7 Å². The number of aromatic nitrogens is 3. The van der Waals surface area contributed by atoms with Crippen molar-refractivity contribution in [3.63, 3.8) is 0 Å². The Morgan fingerprint density at radius 1 is 1.14 bits per heavy atom. The number of amides is 1. The van der Waals surface area contributed by atoms with Crippen molar-refractivity contribution in [3.8, 4) is 17.3 Å². The number of morpholine rings is 1. The third-order valence-corrected chi connectivity index (χ3v) is 9.20. The fourth-order valence-corrected chi connectivity index (χ4v) is 6.91. The van der Waals surface area contributed by atoms with Gasteiger partial charge in [-0.1, -0.05) is 30.3 Å². The van der Waals surface area contributed by atoms with Crippen LogP contribution in [0, 0.1) is 5.82 Å². The van der Waals surface area contributed by atoms with E-state index in [4.69, 9.17) is 14.2 Å². The summed E-state index contributed by atoms with van der Waals surface area (Å²) in [5.41, 5.74) is -1.22. The molecule has 4 saturated heterocycles. The highest BCUT2D eigenvalue weighted by Gasteiger charge is 2.50. The van der Waals surface area contributed by atoms with Crippen molar-refractivity contribution in [2.24, 2.45) is 0 Å². The lowest BCUT2D eigenvalue weighted by molar-refractivity contribution is -0.164. The lowest BCUT2D eigenvalue weighted by Crippen LogP contribution is -2.72. The Kier molecular flexibility index (Phi) is 7.63. The van der Waals surface area contributed by atoms with Crippen LogP contribution in [0.1, 0.15) is 24.8 Å². The van der Waals surface area contributed by atoms with Crippen molar-refractivity contribution in [3.05, 3.63) is 54.0 Å². The van der Waals surface area contributed by atoms with Gasteiger partial charge < -0.3 is 24.0 Å². The molecule has 44 heavy (non-hydrogen) atoms. The molecule has 4 fully saturated rings. The van der Waals surface area contributed by atoms with E-state index >= 15 is 4.39 Å². The number of rotatable bonds is 7. The van der Waals surface area contributed by atoms with Gasteiger partial charge in [-0.2, -0.15) is 9.97 Å². The summed E-state index contributed by atoms with van der Waals surface area (Å²) in [7, 11) is 1.38. The van der Waals surface area contributed by atoms with Crippen LogP contribution in [-0.2, 0) is 14.3 Å². The summed E-state index contributed by atoms with van der Waals surface area (Å²) < 4.78 is 60.0. The van der Waals surface area contributed by atoms with E-state index in [-0.39, 0.29) is 34.3 Å². The standard InChI is InChI=1S/C31H33F3N6O4/c1-42-30-36-27-23(13-35-26(25(27)32)21-5-2-3-6-22(21)28(33)34)29(37-30)38-11-12-40(31(16-38)17-44-18-31)24(41)7-4-10-39-19-8-9-20(39)15-43-14-19/h2-7,13,19-20,28H,8-12,14-18H2,1H3/b7-4+/t19-,20?/m1/s1. The van der Waals surface area contributed by atoms with Gasteiger partial charge in [0, 0.05) is 61.7 Å². The third kappa shape index (κ3) is 4.96. The molecule has 0 N–H and O–H groups in total. The molecule has 0 saturated carbocycles. The molecule has 1 unspecified atom stereocenters. The van der Waals surface area contributed by atoms with E-state index in [1.165, 1.54) is 31.5 Å². The van der Waals surface area contributed by atoms with Crippen LogP contribution in [0.25, 0.3) is 22.2 Å². The highest BCUT2D eigenvalue weighted by Crippen LogP contribution is 2.38. The molecule has 1 amide bonds. The van der Waals surface area contributed by atoms with Gasteiger partial charge in [0.25, 0.3) is 6.43 Å². The first-order valence-electron chi connectivity index (χ1n) is 14.8. The molecular formula is C31H33F3N6O4. The highest BCUT2D eigenvalue weighted by atomic mass is 19.3. The maximum atomic E-state index is 16.0. The number of benzene rings is 1. The molecule has 232 valence electrons. The molecule has 10 nitrogen and oxygen atoms in total. The quantitative estimate of drug-likeness (QED) is 0.372. The predicted molar refractivity (Wildman–Crippen MR) is 155 cm³/mol. The minimum atomic E-state index is -2.80. The fourth-order valence-electron chi connectivity index (χ4n) is 6.91. The summed E-state index contributed by atoms with van der Waals surface area (Å²) in [6.45, 7) is 4.13. The van der Waals surface area contributed by atoms with Crippen molar-refractivity contribution in [1.29, 1.82) is 0 Å². The Morgan fingerprint density at radius 3 is 2.61 bits per heavy atom. The molecule has 0 radical (unpaired) electrons. The number of fused-ring (bicyclic) bond motifs is 3. The first-order chi connectivity index (χ1) is 21.4. The summed E-state index contributed by atoms with van der Waals surface area (Å²) >= 11 is 0. The van der Waals surface area contributed by atoms with Crippen molar-refractivity contribution >= 4 is 22.6 Å². The van der Waals surface area contributed by atoms with Gasteiger partial charge in [-0.05, 0) is 12.8 Å². The second kappa shape index (κ2) is 11.6. The molecule has 3 aromatic rings. The van der Waals surface area contributed by atoms with Crippen LogP contribution in [0.3, 0.4) is 0 Å². The van der Waals surface area contributed by atoms with Gasteiger partial charge >= 0.3 is 6.01 Å². The van der Waals surface area contributed by atoms with Gasteiger partial charge in [-0.15, -0.1) is 0 Å². The first-order valence-corrected chi connectivity index (χ1v) is 14.8. The Morgan fingerprint density at radius 2 is 1.91 bits per heavy atom. The zero-order valence-electron chi connectivity index (χ0n) is 24.3. The maximum absolute atomic E-state index is 16.0. The van der Waals surface area contributed by atoms with Crippen molar-refractivity contribution < 1.29 is 32.2 Å². The van der Waals surface area contributed by atoms with Gasteiger partial charge in [0.2, 0.25) is 5.91 Å². The maximum Gasteiger partial charge on any atom is 0.318 e. The number of methoxy groups -OCH3 is 1. The fraction of sp³-hybridized carbons (Fsp3) is 0.484. The van der Waals surface area contributed by atoms with E-state index < -0.39 is 17.8 Å². The molecule has 4 aliphatic rings. The van der Waals surface area contributed by atoms with Crippen molar-refractivity contribution in [2.45, 2.75) is 36.9 Å². The molecule has 6 heterocycles. The number of alkyl halides is 2. The molecule has 4 aliphatic heterocycles. The number of carbonyl (C=O) groups is 1. The van der Waals surface area contributed by atoms with Crippen LogP contribution in [0.2, 0.25) is 0 Å². The molecule has 13 heteroatoms. The van der Waals surface area contributed by atoms with E-state index in [1.54, 1.807) is 12.1 Å². The average molecular weight is 611 g/mol. The van der Waals surface area contributed by atoms with Crippen LogP contribution in [0.4, 0.5) is 19.0 Å². The van der Waals surface area contributed by atoms with Gasteiger partial charge in [0.15, 0.2) is 5.82 Å². The van der Waals surface area contributed by atoms with E-state index in [9.17, 15) is 13.6 Å². The molecule has 0 aliphatic carbocycles. The lowest BCUT2D eigenvalue weighted by atomic mass is 9.91. The number of pyridine rings is 1. The summed E-state index contributed by atoms with van der Waals surface area (Å²) in [6.07, 6.45) is 4.46. The second-order valence-electron chi connectivity index (χ2n) is 11.8. The summed E-state index contributed by atoms with van der Waals surface area (Å²) in [5.74, 6) is -0.524. The van der Waals surface area contributed by atoms with Gasteiger partial charge in [-0.25, -0.2) is 13.2 Å². The van der Waals surface area contributed by atoms with Crippen molar-refractivity contribution in [2.75, 3.05) is 64.6 Å². The number of anilines is 1. The van der Waals surface area contributed by atoms with Crippen LogP contribution >= 0.6 is 0 Å². The van der Waals surface area contributed by atoms with Crippen LogP contribution in [0.15, 0.2) is 42.6 Å². The van der Waals surface area contributed by atoms with Crippen molar-refractivity contribution in [1.82, 2.24) is 24.8 Å². The minimum Gasteiger partial charge on any atom is -0.467 e. The normalized spacial score (nSPS) is 23.2. The smallest absolute Gasteiger partial charge is 0.318 e. The molecule has 2 atom stereocenters. The number of carbonyl (C=O) groups excluding carboxylic acids is 1. The SMILES string of the molecule is COc1nc(N2CCN(C(=O)/C=C/CN3C4CC[C@@H]3COC4)C3(COC3)C2)c2cnc(-c3ccccc3C(F)F)c(F)c2n1. The summed E-state index contributed by atoms with van der Waals surface area (Å²) in [5, 5.41) is 0.316. The van der Waals surface area contributed by atoms with Gasteiger partial charge in [0.05, 0.1) is 38.9 Å². The molecule has 1 aromatic carbocycles. The Balaban J connectivity index is 1.15. The zero-order chi connectivity index (χ0) is 30.4. The van der Waals surface area contributed by atoms with Gasteiger partial charge in [0.1, 0.15) is 22.6 Å². The number of nitrogens with zero attached hydrogens (tertiary/aromatic N) is 6. The topological polar surface area (TPSA) is 93.2 Å². The number of halogens is 3. The van der Waals surface area contributed by atoms with Crippen LogP contribution in [0.5, 0.6) is 6.01 Å². The molecule has 7 rings (SSSR count). The molecular weight excluding hydrogens is 577 g/mol.